The van der Waals surface area contributed by atoms with Gasteiger partial charge in [0.1, 0.15) is 5.75 Å². The van der Waals surface area contributed by atoms with Crippen LogP contribution in [-0.4, -0.2) is 11.3 Å². The molecular weight excluding hydrogens is 353 g/mol. The molecule has 98 valence electrons. The van der Waals surface area contributed by atoms with Crippen LogP contribution in [-0.2, 0) is 0 Å². The van der Waals surface area contributed by atoms with Crippen LogP contribution in [0.5, 0.6) is 11.6 Å². The van der Waals surface area contributed by atoms with Gasteiger partial charge < -0.3 is 4.74 Å². The lowest BCUT2D eigenvalue weighted by Gasteiger charge is -2.10. The molecule has 6 heteroatoms. The van der Waals surface area contributed by atoms with E-state index in [9.17, 15) is 4.79 Å². The van der Waals surface area contributed by atoms with Crippen LogP contribution in [0.15, 0.2) is 28.9 Å². The summed E-state index contributed by atoms with van der Waals surface area (Å²) in [7, 11) is 0. The predicted octanol–water partition coefficient (Wildman–Crippen LogP) is 5.06. The third-order valence-corrected chi connectivity index (χ3v) is 3.86. The van der Waals surface area contributed by atoms with Crippen LogP contribution < -0.4 is 4.74 Å². The van der Waals surface area contributed by atoms with Crippen molar-refractivity contribution in [3.63, 3.8) is 0 Å². The maximum atomic E-state index is 10.6. The Morgan fingerprint density at radius 2 is 2.00 bits per heavy atom. The molecule has 1 aromatic heterocycles. The predicted molar refractivity (Wildman–Crippen MR) is 78.6 cm³/mol. The SMILES string of the molecule is Cc1cc(C=O)cnc1Oc1cc(Cl)c(Br)cc1Cl. The molecule has 0 radical (unpaired) electrons. The van der Waals surface area contributed by atoms with E-state index < -0.39 is 0 Å². The number of aryl methyl sites for hydroxylation is 1. The lowest BCUT2D eigenvalue weighted by Crippen LogP contribution is -1.94. The molecule has 3 nitrogen and oxygen atoms in total. The molecule has 0 aliphatic heterocycles. The molecule has 0 spiro atoms. The first-order chi connectivity index (χ1) is 9.01. The van der Waals surface area contributed by atoms with Crippen molar-refractivity contribution in [2.45, 2.75) is 6.92 Å². The van der Waals surface area contributed by atoms with Crippen LogP contribution in [0, 0.1) is 6.92 Å². The minimum atomic E-state index is 0.380. The quantitative estimate of drug-likeness (QED) is 0.567. The average molecular weight is 361 g/mol. The molecule has 0 atom stereocenters. The van der Waals surface area contributed by atoms with Crippen LogP contribution in [0.1, 0.15) is 15.9 Å². The minimum Gasteiger partial charge on any atom is -0.437 e. The van der Waals surface area contributed by atoms with E-state index in [1.807, 2.05) is 0 Å². The van der Waals surface area contributed by atoms with E-state index >= 15 is 0 Å². The molecule has 0 saturated carbocycles. The van der Waals surface area contributed by atoms with Crippen molar-refractivity contribution in [2.24, 2.45) is 0 Å². The molecule has 1 aromatic carbocycles. The van der Waals surface area contributed by atoms with E-state index in [0.29, 0.717) is 31.7 Å². The Labute approximate surface area is 128 Å². The van der Waals surface area contributed by atoms with Gasteiger partial charge in [0.25, 0.3) is 0 Å². The second-order valence-corrected chi connectivity index (χ2v) is 5.48. The molecule has 0 fully saturated rings. The lowest BCUT2D eigenvalue weighted by atomic mass is 10.2. The van der Waals surface area contributed by atoms with E-state index in [0.717, 1.165) is 11.8 Å². The van der Waals surface area contributed by atoms with Crippen molar-refractivity contribution in [3.8, 4) is 11.6 Å². The number of aldehydes is 1. The van der Waals surface area contributed by atoms with E-state index in [1.165, 1.54) is 6.20 Å². The van der Waals surface area contributed by atoms with Crippen molar-refractivity contribution in [2.75, 3.05) is 0 Å². The first kappa shape index (κ1) is 14.3. The second kappa shape index (κ2) is 5.90. The Morgan fingerprint density at radius 1 is 1.26 bits per heavy atom. The number of aromatic nitrogens is 1. The van der Waals surface area contributed by atoms with Gasteiger partial charge in [-0.3, -0.25) is 4.79 Å². The zero-order chi connectivity index (χ0) is 14.0. The topological polar surface area (TPSA) is 39.2 Å². The summed E-state index contributed by atoms with van der Waals surface area (Å²) >= 11 is 15.3. The van der Waals surface area contributed by atoms with E-state index in [2.05, 4.69) is 20.9 Å². The van der Waals surface area contributed by atoms with Crippen LogP contribution in [0.3, 0.4) is 0 Å². The van der Waals surface area contributed by atoms with Crippen molar-refractivity contribution < 1.29 is 9.53 Å². The van der Waals surface area contributed by atoms with Gasteiger partial charge in [-0.15, -0.1) is 0 Å². The summed E-state index contributed by atoms with van der Waals surface area (Å²) in [5.41, 5.74) is 1.23. The summed E-state index contributed by atoms with van der Waals surface area (Å²) in [6.07, 6.45) is 2.16. The second-order valence-electron chi connectivity index (χ2n) is 3.81. The Kier molecular flexibility index (Phi) is 4.45. The van der Waals surface area contributed by atoms with Gasteiger partial charge in [0.05, 0.1) is 10.0 Å². The molecule has 1 heterocycles. The normalized spacial score (nSPS) is 10.3. The van der Waals surface area contributed by atoms with E-state index in [1.54, 1.807) is 25.1 Å². The van der Waals surface area contributed by atoms with Gasteiger partial charge in [0.2, 0.25) is 5.88 Å². The average Bonchev–Trinajstić information content (AvgIpc) is 2.38. The van der Waals surface area contributed by atoms with Gasteiger partial charge in [-0.1, -0.05) is 23.2 Å². The fraction of sp³-hybridized carbons (Fsp3) is 0.0769. The number of hydrogen-bond donors (Lipinski definition) is 0. The lowest BCUT2D eigenvalue weighted by molar-refractivity contribution is 0.112. The Balaban J connectivity index is 2.36. The Bertz CT molecular complexity index is 647. The molecule has 2 rings (SSSR count). The Hall–Kier alpha value is -1.10. The number of rotatable bonds is 3. The number of hydrogen-bond acceptors (Lipinski definition) is 3. The molecule has 0 unspecified atom stereocenters. The summed E-state index contributed by atoms with van der Waals surface area (Å²) < 4.78 is 6.30. The summed E-state index contributed by atoms with van der Waals surface area (Å²) in [6, 6.07) is 4.93. The van der Waals surface area contributed by atoms with Crippen molar-refractivity contribution in [1.29, 1.82) is 0 Å². The van der Waals surface area contributed by atoms with Gasteiger partial charge in [-0.25, -0.2) is 4.98 Å². The third kappa shape index (κ3) is 3.26. The number of carbonyl (C=O) groups is 1. The van der Waals surface area contributed by atoms with Gasteiger partial charge in [-0.05, 0) is 35.0 Å². The van der Waals surface area contributed by atoms with Crippen LogP contribution in [0.2, 0.25) is 10.0 Å². The monoisotopic (exact) mass is 359 g/mol. The fourth-order valence-corrected chi connectivity index (χ4v) is 2.27. The third-order valence-electron chi connectivity index (χ3n) is 2.37. The standard InChI is InChI=1S/C13H8BrCl2NO2/c1-7-2-8(6-18)5-17-13(7)19-12-4-10(15)9(14)3-11(12)16/h2-6H,1H3. The molecule has 0 N–H and O–H groups in total. The summed E-state index contributed by atoms with van der Waals surface area (Å²) in [5.74, 6) is 0.787. The number of halogens is 3. The smallest absolute Gasteiger partial charge is 0.222 e. The highest BCUT2D eigenvalue weighted by molar-refractivity contribution is 9.10. The number of nitrogens with zero attached hydrogens (tertiary/aromatic N) is 1. The van der Waals surface area contributed by atoms with Gasteiger partial charge >= 0.3 is 0 Å². The largest absolute Gasteiger partial charge is 0.437 e. The summed E-state index contributed by atoms with van der Waals surface area (Å²) in [4.78, 5) is 14.7. The maximum absolute atomic E-state index is 10.6. The van der Waals surface area contributed by atoms with Crippen molar-refractivity contribution in [1.82, 2.24) is 4.98 Å². The van der Waals surface area contributed by atoms with Gasteiger partial charge in [-0.2, -0.15) is 0 Å². The number of ether oxygens (including phenoxy) is 1. The molecule has 19 heavy (non-hydrogen) atoms. The first-order valence-corrected chi connectivity index (χ1v) is 6.80. The summed E-state index contributed by atoms with van der Waals surface area (Å²) in [5, 5.41) is 0.901. The highest BCUT2D eigenvalue weighted by atomic mass is 79.9. The Morgan fingerprint density at radius 3 is 2.63 bits per heavy atom. The molecule has 2 aromatic rings. The van der Waals surface area contributed by atoms with Gasteiger partial charge in [0, 0.05) is 27.9 Å². The van der Waals surface area contributed by atoms with Crippen LogP contribution >= 0.6 is 39.1 Å². The fourth-order valence-electron chi connectivity index (χ4n) is 1.44. The van der Waals surface area contributed by atoms with E-state index in [4.69, 9.17) is 27.9 Å². The number of carbonyl (C=O) groups excluding carboxylic acids is 1. The molecule has 0 bridgehead atoms. The molecule has 0 aliphatic carbocycles. The zero-order valence-corrected chi connectivity index (χ0v) is 12.9. The molecule has 0 saturated heterocycles. The molecular formula is C13H8BrCl2NO2. The first-order valence-electron chi connectivity index (χ1n) is 5.25. The molecule has 0 amide bonds. The highest BCUT2D eigenvalue weighted by Crippen LogP contribution is 2.36. The van der Waals surface area contributed by atoms with Crippen LogP contribution in [0.25, 0.3) is 0 Å². The van der Waals surface area contributed by atoms with Crippen LogP contribution in [0.4, 0.5) is 0 Å². The van der Waals surface area contributed by atoms with Crippen molar-refractivity contribution >= 4 is 45.4 Å². The van der Waals surface area contributed by atoms with Crippen molar-refractivity contribution in [3.05, 3.63) is 50.0 Å². The number of pyridine rings is 1. The maximum Gasteiger partial charge on any atom is 0.222 e. The summed E-state index contributed by atoms with van der Waals surface area (Å²) in [6.45, 7) is 1.80. The molecule has 0 aliphatic rings. The number of benzene rings is 1. The minimum absolute atomic E-state index is 0.380. The highest BCUT2D eigenvalue weighted by Gasteiger charge is 2.10. The van der Waals surface area contributed by atoms with E-state index in [-0.39, 0.29) is 0 Å². The van der Waals surface area contributed by atoms with Gasteiger partial charge in [0.15, 0.2) is 6.29 Å². The zero-order valence-electron chi connectivity index (χ0n) is 9.78.